The number of aryl methyl sites for hydroxylation is 1. The molecule has 7 nitrogen and oxygen atoms in total. The summed E-state index contributed by atoms with van der Waals surface area (Å²) in [6.07, 6.45) is 3.82. The van der Waals surface area contributed by atoms with Crippen LogP contribution >= 0.6 is 0 Å². The van der Waals surface area contributed by atoms with E-state index in [2.05, 4.69) is 63.8 Å². The van der Waals surface area contributed by atoms with Crippen LogP contribution < -0.4 is 11.5 Å². The molecular weight excluding hydrogens is 475 g/mol. The van der Waals surface area contributed by atoms with E-state index in [0.29, 0.717) is 18.5 Å². The van der Waals surface area contributed by atoms with Crippen LogP contribution in [0.5, 0.6) is 0 Å². The Hall–Kier alpha value is -1.64. The van der Waals surface area contributed by atoms with Gasteiger partial charge in [0.1, 0.15) is 5.82 Å². The number of rotatable bonds is 6. The molecule has 1 radical (unpaired) electrons. The van der Waals surface area contributed by atoms with Gasteiger partial charge in [0, 0.05) is 45.5 Å². The molecule has 1 unspecified atom stereocenters. The summed E-state index contributed by atoms with van der Waals surface area (Å²) in [5, 5.41) is 4.81. The molecule has 163 valence electrons. The Morgan fingerprint density at radius 2 is 2.03 bits per heavy atom. The zero-order valence-electron chi connectivity index (χ0n) is 18.2. The molecule has 1 aliphatic heterocycles. The first kappa shape index (κ1) is 28.4. The summed E-state index contributed by atoms with van der Waals surface area (Å²) < 4.78 is 4.62. The summed E-state index contributed by atoms with van der Waals surface area (Å²) in [6, 6.07) is 9.01. The second-order valence-electron chi connectivity index (χ2n) is 6.49. The number of carbonyl (C=O) groups excluding carboxylic acids is 1. The smallest absolute Gasteiger partial charge is 0.313 e. The third kappa shape index (κ3) is 9.02. The first-order valence-electron chi connectivity index (χ1n) is 9.52. The van der Waals surface area contributed by atoms with Crippen LogP contribution in [0, 0.1) is 6.92 Å². The van der Waals surface area contributed by atoms with Crippen LogP contribution in [0.2, 0.25) is 0 Å². The number of nitrogens with zero attached hydrogens (tertiary/aromatic N) is 3. The molecule has 1 atom stereocenters. The second kappa shape index (κ2) is 15.2. The van der Waals surface area contributed by atoms with E-state index >= 15 is 0 Å². The Bertz CT molecular complexity index is 746. The summed E-state index contributed by atoms with van der Waals surface area (Å²) in [6.45, 7) is 6.93. The van der Waals surface area contributed by atoms with Crippen molar-refractivity contribution >= 4 is 24.4 Å². The zero-order chi connectivity index (χ0) is 21.8. The van der Waals surface area contributed by atoms with E-state index in [1.165, 1.54) is 23.6 Å². The molecule has 1 saturated heterocycles. The maximum absolute atomic E-state index is 10.8. The van der Waals surface area contributed by atoms with Crippen molar-refractivity contribution in [1.29, 1.82) is 0 Å². The minimum absolute atomic E-state index is 0. The summed E-state index contributed by atoms with van der Waals surface area (Å²) in [7, 11) is 1.50. The van der Waals surface area contributed by atoms with Crippen LogP contribution in [0.1, 0.15) is 43.9 Å². The zero-order valence-corrected chi connectivity index (χ0v) is 21.8. The summed E-state index contributed by atoms with van der Waals surface area (Å²) >= 11 is 4.51. The fraction of sp³-hybridized carbons (Fsp3) is 0.429. The van der Waals surface area contributed by atoms with Gasteiger partial charge in [0.15, 0.2) is 0 Å². The van der Waals surface area contributed by atoms with Crippen LogP contribution in [0.15, 0.2) is 52.4 Å². The molecule has 0 aliphatic carbocycles. The van der Waals surface area contributed by atoms with Crippen LogP contribution in [-0.2, 0) is 54.9 Å². The summed E-state index contributed by atoms with van der Waals surface area (Å²) in [5.74, 6) is 0.842. The number of nitrogens with two attached hydrogens (primary N) is 2. The number of carbonyl (C=O) groups is 1. The van der Waals surface area contributed by atoms with Crippen molar-refractivity contribution in [2.24, 2.45) is 16.5 Å². The average molecular weight is 506 g/mol. The largest absolute Gasteiger partial charge is 0.788 e. The molecule has 0 saturated carbocycles. The molecule has 0 bridgehead atoms. The number of likely N-dealkylation sites (N-methyl/N-ethyl adjacent to an activating group) is 1. The van der Waals surface area contributed by atoms with Crippen molar-refractivity contribution in [2.45, 2.75) is 39.7 Å². The van der Waals surface area contributed by atoms with Gasteiger partial charge in [0.05, 0.1) is 18.5 Å². The summed E-state index contributed by atoms with van der Waals surface area (Å²) in [5.41, 5.74) is 14.1. The molecule has 0 aromatic heterocycles. The maximum atomic E-state index is 10.8. The van der Waals surface area contributed by atoms with Crippen LogP contribution in [0.3, 0.4) is 0 Å². The molecule has 1 aromatic rings. The SMILES string of the molecule is C/C(N)=N\C(=C/N)N1CCCC1c1ccc(C)cc1.CCOC(=O)/C(=C/[S-])[N-]C.[Y]. The van der Waals surface area contributed by atoms with Crippen LogP contribution in [0.4, 0.5) is 0 Å². The predicted molar refractivity (Wildman–Crippen MR) is 121 cm³/mol. The first-order chi connectivity index (χ1) is 13.9. The Morgan fingerprint density at radius 1 is 1.40 bits per heavy atom. The molecule has 1 aromatic carbocycles. The molecular formula is C21H31N5O2SY-2. The van der Waals surface area contributed by atoms with Gasteiger partial charge in [-0.05, 0) is 39.2 Å². The molecule has 1 fully saturated rings. The Balaban J connectivity index is 0.000000658. The number of ether oxygens (including phenoxy) is 1. The molecule has 9 heteroatoms. The fourth-order valence-electron chi connectivity index (χ4n) is 2.95. The number of esters is 1. The van der Waals surface area contributed by atoms with E-state index in [9.17, 15) is 4.79 Å². The Kier molecular flexibility index (Phi) is 14.4. The average Bonchev–Trinajstić information content (AvgIpc) is 3.18. The summed E-state index contributed by atoms with van der Waals surface area (Å²) in [4.78, 5) is 17.3. The third-order valence-corrected chi connectivity index (χ3v) is 4.51. The molecule has 30 heavy (non-hydrogen) atoms. The van der Waals surface area contributed by atoms with E-state index in [-0.39, 0.29) is 38.4 Å². The molecule has 1 heterocycles. The van der Waals surface area contributed by atoms with Gasteiger partial charge in [-0.1, -0.05) is 35.5 Å². The number of benzene rings is 1. The standard InChI is InChI=1S/C15H22N4.C6H10NO2S.Y/c1-11-5-7-13(8-6-11)14-4-3-9-19(14)15(10-16)18-12(2)17;1-3-9-6(8)5(4-10)7-2;/h5-8,10,14H,3-4,9,16H2,1-2H3,(H2,17,18);4H,3H2,1-2H3,(H,8,10);/q;-1;/p-1/b15-10+;;. The van der Waals surface area contributed by atoms with Crippen molar-refractivity contribution in [3.8, 4) is 0 Å². The quantitative estimate of drug-likeness (QED) is 0.202. The van der Waals surface area contributed by atoms with Gasteiger partial charge in [0.25, 0.3) is 0 Å². The fourth-order valence-corrected chi connectivity index (χ4v) is 3.15. The van der Waals surface area contributed by atoms with Crippen molar-refractivity contribution in [1.82, 2.24) is 4.90 Å². The number of hydrogen-bond acceptors (Lipinski definition) is 6. The minimum Gasteiger partial charge on any atom is -0.788 e. The number of likely N-dealkylation sites (tertiary alicyclic amines) is 1. The molecule has 4 N–H and O–H groups in total. The number of amidine groups is 1. The van der Waals surface area contributed by atoms with Gasteiger partial charge >= 0.3 is 5.97 Å². The van der Waals surface area contributed by atoms with Crippen molar-refractivity contribution in [3.05, 3.63) is 63.8 Å². The van der Waals surface area contributed by atoms with Crippen LogP contribution in [0.25, 0.3) is 5.32 Å². The van der Waals surface area contributed by atoms with Crippen molar-refractivity contribution in [2.75, 3.05) is 20.2 Å². The molecule has 0 spiro atoms. The van der Waals surface area contributed by atoms with Gasteiger partial charge in [-0.3, -0.25) is 0 Å². The third-order valence-electron chi connectivity index (χ3n) is 4.29. The van der Waals surface area contributed by atoms with Gasteiger partial charge in [0.2, 0.25) is 0 Å². The first-order valence-corrected chi connectivity index (χ1v) is 9.99. The van der Waals surface area contributed by atoms with Gasteiger partial charge in [-0.25, -0.2) is 15.2 Å². The second-order valence-corrected chi connectivity index (χ2v) is 6.72. The normalized spacial score (nSPS) is 16.9. The predicted octanol–water partition coefficient (Wildman–Crippen LogP) is 3.21. The molecule has 1 aliphatic rings. The molecule has 0 amide bonds. The van der Waals surface area contributed by atoms with Crippen molar-refractivity contribution in [3.63, 3.8) is 0 Å². The monoisotopic (exact) mass is 506 g/mol. The topological polar surface area (TPSA) is 108 Å². The van der Waals surface area contributed by atoms with E-state index in [1.54, 1.807) is 20.0 Å². The van der Waals surface area contributed by atoms with E-state index < -0.39 is 5.97 Å². The van der Waals surface area contributed by atoms with E-state index in [4.69, 9.17) is 11.5 Å². The van der Waals surface area contributed by atoms with Gasteiger partial charge in [-0.2, -0.15) is 0 Å². The van der Waals surface area contributed by atoms with Crippen molar-refractivity contribution < 1.29 is 42.2 Å². The van der Waals surface area contributed by atoms with Gasteiger partial charge < -0.3 is 39.0 Å². The maximum Gasteiger partial charge on any atom is 0.313 e. The Morgan fingerprint density at radius 3 is 2.50 bits per heavy atom. The van der Waals surface area contributed by atoms with Gasteiger partial charge in [-0.15, -0.1) is 7.05 Å². The number of aliphatic imine (C=N–C) groups is 1. The number of hydrogen-bond donors (Lipinski definition) is 2. The molecule has 2 rings (SSSR count). The van der Waals surface area contributed by atoms with E-state index in [1.807, 2.05) is 0 Å². The minimum atomic E-state index is -0.458. The van der Waals surface area contributed by atoms with E-state index in [0.717, 1.165) is 25.2 Å². The Labute approximate surface area is 210 Å². The van der Waals surface area contributed by atoms with Crippen LogP contribution in [-0.4, -0.2) is 36.9 Å².